The molecule has 1 N–H and O–H groups in total. The first kappa shape index (κ1) is 15.4. The lowest BCUT2D eigenvalue weighted by Crippen LogP contribution is -2.34. The predicted molar refractivity (Wildman–Crippen MR) is 76.0 cm³/mol. The average Bonchev–Trinajstić information content (AvgIpc) is 2.27. The fourth-order valence-electron chi connectivity index (χ4n) is 1.64. The molecule has 6 nitrogen and oxygen atoms in total. The first-order chi connectivity index (χ1) is 8.92. The fraction of sp³-hybridized carbons (Fsp3) is 0.615. The first-order valence-corrected chi connectivity index (χ1v) is 6.39. The smallest absolute Gasteiger partial charge is 0.236 e. The third kappa shape index (κ3) is 5.21. The summed E-state index contributed by atoms with van der Waals surface area (Å²) in [6, 6.07) is 1.91. The summed E-state index contributed by atoms with van der Waals surface area (Å²) in [5.41, 5.74) is 0.924. The number of aryl methyl sites for hydroxylation is 1. The van der Waals surface area contributed by atoms with Crippen molar-refractivity contribution >= 4 is 11.7 Å². The minimum atomic E-state index is 0.0714. The highest BCUT2D eigenvalue weighted by atomic mass is 16.2. The van der Waals surface area contributed by atoms with Gasteiger partial charge in [-0.25, -0.2) is 9.97 Å². The van der Waals surface area contributed by atoms with Gasteiger partial charge in [-0.2, -0.15) is 0 Å². The molecule has 0 saturated carbocycles. The number of likely N-dealkylation sites (N-methyl/N-ethyl adjacent to an activating group) is 2. The van der Waals surface area contributed by atoms with E-state index in [1.807, 2.05) is 31.9 Å². The quantitative estimate of drug-likeness (QED) is 0.822. The molecule has 106 valence electrons. The van der Waals surface area contributed by atoms with Crippen molar-refractivity contribution in [3.05, 3.63) is 17.6 Å². The van der Waals surface area contributed by atoms with Crippen LogP contribution in [0.2, 0.25) is 0 Å². The number of amides is 1. The molecule has 0 aromatic carbocycles. The summed E-state index contributed by atoms with van der Waals surface area (Å²) in [5.74, 6) is 1.63. The molecular weight excluding hydrogens is 242 g/mol. The Morgan fingerprint density at radius 3 is 2.58 bits per heavy atom. The van der Waals surface area contributed by atoms with Crippen LogP contribution in [0.25, 0.3) is 0 Å². The molecule has 0 aliphatic rings. The Bertz CT molecular complexity index is 433. The topological polar surface area (TPSA) is 61.4 Å². The number of aromatic nitrogens is 2. The number of hydrogen-bond acceptors (Lipinski definition) is 5. The maximum Gasteiger partial charge on any atom is 0.236 e. The molecule has 1 amide bonds. The van der Waals surface area contributed by atoms with Gasteiger partial charge < -0.3 is 10.2 Å². The van der Waals surface area contributed by atoms with Crippen LogP contribution in [-0.2, 0) is 11.3 Å². The fourth-order valence-corrected chi connectivity index (χ4v) is 1.64. The Kier molecular flexibility index (Phi) is 5.69. The number of nitrogens with zero attached hydrogens (tertiary/aromatic N) is 4. The average molecular weight is 265 g/mol. The molecule has 0 fully saturated rings. The number of carbonyl (C=O) groups is 1. The summed E-state index contributed by atoms with van der Waals surface area (Å²) in [5, 5.41) is 3.18. The lowest BCUT2D eigenvalue weighted by molar-refractivity contribution is -0.129. The Morgan fingerprint density at radius 2 is 2.00 bits per heavy atom. The molecule has 0 aliphatic heterocycles. The molecule has 0 atom stereocenters. The van der Waals surface area contributed by atoms with Crippen LogP contribution in [0.15, 0.2) is 6.07 Å². The molecule has 0 bridgehead atoms. The zero-order valence-corrected chi connectivity index (χ0v) is 12.4. The molecule has 1 aromatic rings. The van der Waals surface area contributed by atoms with Gasteiger partial charge in [-0.15, -0.1) is 0 Å². The van der Waals surface area contributed by atoms with E-state index < -0.39 is 0 Å². The summed E-state index contributed by atoms with van der Waals surface area (Å²) in [6.45, 7) is 5.71. The van der Waals surface area contributed by atoms with E-state index >= 15 is 0 Å². The van der Waals surface area contributed by atoms with Gasteiger partial charge in [-0.05, 0) is 20.9 Å². The molecule has 0 saturated heterocycles. The molecule has 0 spiro atoms. The van der Waals surface area contributed by atoms with Gasteiger partial charge in [0.25, 0.3) is 0 Å². The zero-order valence-electron chi connectivity index (χ0n) is 12.4. The van der Waals surface area contributed by atoms with Crippen LogP contribution in [0.1, 0.15) is 18.4 Å². The van der Waals surface area contributed by atoms with Crippen molar-refractivity contribution in [1.29, 1.82) is 0 Å². The van der Waals surface area contributed by atoms with Gasteiger partial charge in [0.1, 0.15) is 11.6 Å². The summed E-state index contributed by atoms with van der Waals surface area (Å²) >= 11 is 0. The molecule has 1 heterocycles. The van der Waals surface area contributed by atoms with Crippen molar-refractivity contribution in [1.82, 2.24) is 19.8 Å². The Morgan fingerprint density at radius 1 is 1.32 bits per heavy atom. The van der Waals surface area contributed by atoms with Gasteiger partial charge in [0, 0.05) is 32.4 Å². The van der Waals surface area contributed by atoms with Crippen LogP contribution < -0.4 is 5.32 Å². The van der Waals surface area contributed by atoms with Crippen molar-refractivity contribution in [2.45, 2.75) is 20.4 Å². The standard InChI is InChI=1S/C13H23N5O/c1-6-14-11-7-10(2)15-12(16-11)8-18(5)9-13(19)17(3)4/h7H,6,8-9H2,1-5H3,(H,14,15,16). The SMILES string of the molecule is CCNc1cc(C)nc(CN(C)CC(=O)N(C)C)n1. The molecule has 1 rings (SSSR count). The minimum absolute atomic E-state index is 0.0714. The van der Waals surface area contributed by atoms with E-state index in [-0.39, 0.29) is 5.91 Å². The lowest BCUT2D eigenvalue weighted by atomic mass is 10.4. The van der Waals surface area contributed by atoms with Crippen molar-refractivity contribution in [3.63, 3.8) is 0 Å². The normalized spacial score (nSPS) is 10.6. The van der Waals surface area contributed by atoms with Crippen LogP contribution in [0.4, 0.5) is 5.82 Å². The van der Waals surface area contributed by atoms with Crippen LogP contribution in [0.3, 0.4) is 0 Å². The van der Waals surface area contributed by atoms with E-state index in [4.69, 9.17) is 0 Å². The highest BCUT2D eigenvalue weighted by Gasteiger charge is 2.11. The number of nitrogens with one attached hydrogen (secondary N) is 1. The van der Waals surface area contributed by atoms with Gasteiger partial charge >= 0.3 is 0 Å². The molecule has 0 aliphatic carbocycles. The monoisotopic (exact) mass is 265 g/mol. The molecule has 1 aromatic heterocycles. The Balaban J connectivity index is 2.68. The highest BCUT2D eigenvalue weighted by Crippen LogP contribution is 2.07. The number of rotatable bonds is 6. The van der Waals surface area contributed by atoms with E-state index in [0.717, 1.165) is 23.9 Å². The number of anilines is 1. The lowest BCUT2D eigenvalue weighted by Gasteiger charge is -2.18. The second-order valence-electron chi connectivity index (χ2n) is 4.80. The maximum atomic E-state index is 11.6. The van der Waals surface area contributed by atoms with Gasteiger partial charge in [0.2, 0.25) is 5.91 Å². The molecule has 19 heavy (non-hydrogen) atoms. The van der Waals surface area contributed by atoms with E-state index in [2.05, 4.69) is 15.3 Å². The van der Waals surface area contributed by atoms with E-state index in [1.165, 1.54) is 0 Å². The third-order valence-electron chi connectivity index (χ3n) is 2.57. The summed E-state index contributed by atoms with van der Waals surface area (Å²) in [4.78, 5) is 23.9. The maximum absolute atomic E-state index is 11.6. The van der Waals surface area contributed by atoms with E-state index in [9.17, 15) is 4.79 Å². The number of carbonyl (C=O) groups excluding carboxylic acids is 1. The Hall–Kier alpha value is -1.69. The van der Waals surface area contributed by atoms with Crippen molar-refractivity contribution in [2.24, 2.45) is 0 Å². The Labute approximate surface area is 114 Å². The van der Waals surface area contributed by atoms with E-state index in [0.29, 0.717) is 13.1 Å². The van der Waals surface area contributed by atoms with Crippen molar-refractivity contribution in [2.75, 3.05) is 39.5 Å². The molecular formula is C13H23N5O. The predicted octanol–water partition coefficient (Wildman–Crippen LogP) is 0.737. The first-order valence-electron chi connectivity index (χ1n) is 6.39. The second-order valence-corrected chi connectivity index (χ2v) is 4.80. The molecule has 0 unspecified atom stereocenters. The summed E-state index contributed by atoms with van der Waals surface area (Å²) < 4.78 is 0. The summed E-state index contributed by atoms with van der Waals surface area (Å²) in [6.07, 6.45) is 0. The van der Waals surface area contributed by atoms with Gasteiger partial charge in [0.15, 0.2) is 0 Å². The van der Waals surface area contributed by atoms with Crippen LogP contribution >= 0.6 is 0 Å². The zero-order chi connectivity index (χ0) is 14.4. The van der Waals surface area contributed by atoms with E-state index in [1.54, 1.807) is 19.0 Å². The summed E-state index contributed by atoms with van der Waals surface area (Å²) in [7, 11) is 5.39. The second kappa shape index (κ2) is 7.04. The largest absolute Gasteiger partial charge is 0.370 e. The third-order valence-corrected chi connectivity index (χ3v) is 2.57. The van der Waals surface area contributed by atoms with Gasteiger partial charge in [-0.3, -0.25) is 9.69 Å². The van der Waals surface area contributed by atoms with Crippen LogP contribution in [0.5, 0.6) is 0 Å². The minimum Gasteiger partial charge on any atom is -0.370 e. The molecule has 6 heteroatoms. The van der Waals surface area contributed by atoms with Crippen molar-refractivity contribution < 1.29 is 4.79 Å². The van der Waals surface area contributed by atoms with Gasteiger partial charge in [0.05, 0.1) is 13.1 Å². The number of hydrogen-bond donors (Lipinski definition) is 1. The molecule has 0 radical (unpaired) electrons. The van der Waals surface area contributed by atoms with Crippen LogP contribution in [0, 0.1) is 6.92 Å². The highest BCUT2D eigenvalue weighted by molar-refractivity contribution is 5.77. The van der Waals surface area contributed by atoms with Crippen LogP contribution in [-0.4, -0.2) is 59.9 Å². The van der Waals surface area contributed by atoms with Gasteiger partial charge in [-0.1, -0.05) is 0 Å². The van der Waals surface area contributed by atoms with Crippen molar-refractivity contribution in [3.8, 4) is 0 Å².